The minimum Gasteiger partial charge on any atom is -0.394 e. The molecule has 8 amide bonds. The van der Waals surface area contributed by atoms with Gasteiger partial charge in [0.25, 0.3) is 0 Å². The SMILES string of the molecule is CC[C@H](C)[C@H](NC1CCC(=O)NCCCCC(C(=O)N[C@@H](CO)C(=O)N[C@@H](Cc2ccccc2)C(N)=O)NC(=O)[C@H](CO)NC(=O)[C@H]([C@@H](C)O)NC1=O)C(N)=O.[HH].[HH]. The van der Waals surface area contributed by atoms with Crippen molar-refractivity contribution in [3.05, 3.63) is 35.9 Å². The molecule has 1 fully saturated rings. The van der Waals surface area contributed by atoms with Gasteiger partial charge in [-0.05, 0) is 44.1 Å². The van der Waals surface area contributed by atoms with Crippen LogP contribution in [0.4, 0.5) is 0 Å². The van der Waals surface area contributed by atoms with Crippen LogP contribution in [0.3, 0.4) is 0 Å². The molecule has 2 rings (SSSR count). The molecular weight excluding hydrogens is 734 g/mol. The van der Waals surface area contributed by atoms with Crippen LogP contribution in [-0.2, 0) is 44.8 Å². The third-order valence-electron chi connectivity index (χ3n) is 9.39. The van der Waals surface area contributed by atoms with E-state index < -0.39 is 109 Å². The zero-order valence-corrected chi connectivity index (χ0v) is 31.9. The summed E-state index contributed by atoms with van der Waals surface area (Å²) >= 11 is 0. The standard InChI is InChI=1S/C36H57N9O11.2H2/c1-4-19(2)28(31(38)51)40-23-13-14-27(49)39-15-9-8-12-22(41-34(54)26(18-47)44-36(56)29(20(3)48)45-33(23)53)32(52)43-25(17-46)35(55)42-24(30(37)50)16-21-10-6-5-7-11-21;;/h5-7,10-11,19-20,22-26,28-29,40,46-48H,4,8-9,12-18H2,1-3H3,(H2,37,50)(H2,38,51)(H,39,49)(H,41,54)(H,42,55)(H,43,52)(H,44,56)(H,45,53);2*1H/t19-,20+,22?,23?,24-,25-,26-,28-,29-;;/m0../s1. The average molecular weight is 796 g/mol. The number of nitrogens with two attached hydrogens (primary N) is 2. The Kier molecular flexibility index (Phi) is 19.9. The molecule has 2 unspecified atom stereocenters. The largest absolute Gasteiger partial charge is 0.394 e. The van der Waals surface area contributed by atoms with Crippen LogP contribution in [0.1, 0.15) is 67.7 Å². The summed E-state index contributed by atoms with van der Waals surface area (Å²) in [6.45, 7) is 2.99. The van der Waals surface area contributed by atoms with Gasteiger partial charge in [-0.1, -0.05) is 50.6 Å². The van der Waals surface area contributed by atoms with Gasteiger partial charge in [-0.3, -0.25) is 43.7 Å². The van der Waals surface area contributed by atoms with Gasteiger partial charge in [0.15, 0.2) is 0 Å². The fourth-order valence-electron chi connectivity index (χ4n) is 5.80. The lowest BCUT2D eigenvalue weighted by Gasteiger charge is -2.30. The number of carbonyl (C=O) groups is 8. The van der Waals surface area contributed by atoms with Crippen molar-refractivity contribution in [2.45, 2.75) is 114 Å². The second-order valence-electron chi connectivity index (χ2n) is 13.8. The maximum absolute atomic E-state index is 13.5. The fourth-order valence-corrected chi connectivity index (χ4v) is 5.80. The monoisotopic (exact) mass is 795 g/mol. The first-order valence-electron chi connectivity index (χ1n) is 18.6. The highest BCUT2D eigenvalue weighted by molar-refractivity contribution is 5.97. The van der Waals surface area contributed by atoms with E-state index in [4.69, 9.17) is 11.5 Å². The molecular formula is C36H61N9O11. The topological polar surface area (TPSA) is 333 Å². The Morgan fingerprint density at radius 3 is 2.12 bits per heavy atom. The molecule has 14 N–H and O–H groups in total. The van der Waals surface area contributed by atoms with Gasteiger partial charge < -0.3 is 58.7 Å². The highest BCUT2D eigenvalue weighted by Gasteiger charge is 2.35. The van der Waals surface area contributed by atoms with Crippen LogP contribution in [0.25, 0.3) is 0 Å². The first kappa shape index (κ1) is 47.0. The quantitative estimate of drug-likeness (QED) is 0.0807. The van der Waals surface area contributed by atoms with Crippen molar-refractivity contribution in [1.29, 1.82) is 0 Å². The molecule has 1 heterocycles. The van der Waals surface area contributed by atoms with Crippen LogP contribution in [0.15, 0.2) is 30.3 Å². The normalized spacial score (nSPS) is 23.2. The Morgan fingerprint density at radius 1 is 0.875 bits per heavy atom. The number of nitrogens with one attached hydrogen (secondary N) is 7. The summed E-state index contributed by atoms with van der Waals surface area (Å²) in [7, 11) is 0. The van der Waals surface area contributed by atoms with Crippen LogP contribution in [0.5, 0.6) is 0 Å². The van der Waals surface area contributed by atoms with Crippen molar-refractivity contribution in [3.8, 4) is 0 Å². The predicted octanol–water partition coefficient (Wildman–Crippen LogP) is -4.07. The van der Waals surface area contributed by atoms with Crippen LogP contribution in [0, 0.1) is 5.92 Å². The summed E-state index contributed by atoms with van der Waals surface area (Å²) < 4.78 is 0. The Morgan fingerprint density at radius 2 is 1.55 bits per heavy atom. The number of primary amides is 2. The van der Waals surface area contributed by atoms with Gasteiger partial charge in [0, 0.05) is 22.2 Å². The summed E-state index contributed by atoms with van der Waals surface area (Å²) in [5, 5.41) is 47.9. The molecule has 1 aliphatic rings. The van der Waals surface area contributed by atoms with Crippen molar-refractivity contribution < 1.29 is 56.5 Å². The number of hydrogen-bond donors (Lipinski definition) is 12. The highest BCUT2D eigenvalue weighted by atomic mass is 16.3. The number of aliphatic hydroxyl groups is 3. The van der Waals surface area contributed by atoms with E-state index in [2.05, 4.69) is 37.2 Å². The molecule has 0 spiro atoms. The molecule has 0 aliphatic carbocycles. The van der Waals surface area contributed by atoms with E-state index in [1.165, 1.54) is 6.92 Å². The maximum atomic E-state index is 13.5. The second kappa shape index (κ2) is 23.7. The molecule has 1 saturated heterocycles. The minimum atomic E-state index is -1.70. The van der Waals surface area contributed by atoms with Crippen molar-refractivity contribution in [2.24, 2.45) is 17.4 Å². The van der Waals surface area contributed by atoms with E-state index >= 15 is 0 Å². The summed E-state index contributed by atoms with van der Waals surface area (Å²) in [5.74, 6) is -7.25. The van der Waals surface area contributed by atoms with E-state index in [1.54, 1.807) is 37.3 Å². The smallest absolute Gasteiger partial charge is 0.245 e. The van der Waals surface area contributed by atoms with Crippen LogP contribution in [0.2, 0.25) is 0 Å². The number of rotatable bonds is 15. The highest BCUT2D eigenvalue weighted by Crippen LogP contribution is 2.12. The number of hydrogen-bond acceptors (Lipinski definition) is 12. The fraction of sp³-hybridized carbons (Fsp3) is 0.611. The first-order valence-corrected chi connectivity index (χ1v) is 18.6. The maximum Gasteiger partial charge on any atom is 0.245 e. The van der Waals surface area contributed by atoms with Crippen molar-refractivity contribution in [2.75, 3.05) is 19.8 Å². The summed E-state index contributed by atoms with van der Waals surface area (Å²) in [6, 6.07) is -1.10. The number of amides is 8. The molecule has 20 nitrogen and oxygen atoms in total. The van der Waals surface area contributed by atoms with E-state index in [-0.39, 0.29) is 47.4 Å². The van der Waals surface area contributed by atoms with E-state index in [9.17, 15) is 53.7 Å². The molecule has 0 aromatic heterocycles. The number of aliphatic hydroxyl groups excluding tert-OH is 3. The van der Waals surface area contributed by atoms with Crippen molar-refractivity contribution in [1.82, 2.24) is 37.2 Å². The van der Waals surface area contributed by atoms with Gasteiger partial charge in [0.1, 0.15) is 30.2 Å². The molecule has 56 heavy (non-hydrogen) atoms. The van der Waals surface area contributed by atoms with Gasteiger partial charge in [-0.25, -0.2) is 0 Å². The van der Waals surface area contributed by atoms with E-state index in [0.717, 1.165) is 0 Å². The van der Waals surface area contributed by atoms with Gasteiger partial charge >= 0.3 is 0 Å². The van der Waals surface area contributed by atoms with Gasteiger partial charge in [-0.2, -0.15) is 0 Å². The zero-order valence-electron chi connectivity index (χ0n) is 31.9. The van der Waals surface area contributed by atoms with Crippen LogP contribution >= 0.6 is 0 Å². The first-order chi connectivity index (χ1) is 26.5. The molecule has 20 heteroatoms. The lowest BCUT2D eigenvalue weighted by molar-refractivity contribution is -0.137. The molecule has 1 aromatic carbocycles. The minimum absolute atomic E-state index is 0. The molecule has 9 atom stereocenters. The van der Waals surface area contributed by atoms with E-state index in [1.807, 2.05) is 6.92 Å². The van der Waals surface area contributed by atoms with Crippen LogP contribution < -0.4 is 48.7 Å². The number of carbonyl (C=O) groups excluding carboxylic acids is 8. The number of benzene rings is 1. The van der Waals surface area contributed by atoms with E-state index in [0.29, 0.717) is 18.4 Å². The summed E-state index contributed by atoms with van der Waals surface area (Å²) in [5.41, 5.74) is 11.8. The van der Waals surface area contributed by atoms with Gasteiger partial charge in [0.2, 0.25) is 47.3 Å². The lowest BCUT2D eigenvalue weighted by Crippen LogP contribution is -2.62. The van der Waals surface area contributed by atoms with Crippen molar-refractivity contribution in [3.63, 3.8) is 0 Å². The van der Waals surface area contributed by atoms with Gasteiger partial charge in [-0.15, -0.1) is 0 Å². The second-order valence-corrected chi connectivity index (χ2v) is 13.8. The predicted molar refractivity (Wildman–Crippen MR) is 205 cm³/mol. The third kappa shape index (κ3) is 15.2. The Hall–Kier alpha value is -5.18. The van der Waals surface area contributed by atoms with Gasteiger partial charge in [0.05, 0.1) is 31.4 Å². The Bertz CT molecular complexity index is 1530. The van der Waals surface area contributed by atoms with Crippen molar-refractivity contribution >= 4 is 47.3 Å². The lowest BCUT2D eigenvalue weighted by atomic mass is 9.96. The molecule has 0 saturated carbocycles. The third-order valence-corrected chi connectivity index (χ3v) is 9.39. The molecule has 316 valence electrons. The Balaban J connectivity index is 0.0000162. The molecule has 1 aromatic rings. The zero-order chi connectivity index (χ0) is 41.9. The molecule has 0 radical (unpaired) electrons. The Labute approximate surface area is 328 Å². The molecule has 1 aliphatic heterocycles. The summed E-state index contributed by atoms with van der Waals surface area (Å²) in [6.07, 6.45) is -0.875. The van der Waals surface area contributed by atoms with Crippen LogP contribution in [-0.4, -0.2) is 131 Å². The molecule has 0 bridgehead atoms. The average Bonchev–Trinajstić information content (AvgIpc) is 3.16. The summed E-state index contributed by atoms with van der Waals surface area (Å²) in [4.78, 5) is 104.